The Kier molecular flexibility index (Phi) is 3.49. The predicted molar refractivity (Wildman–Crippen MR) is 56.3 cm³/mol. The average Bonchev–Trinajstić information content (AvgIpc) is 2.18. The maximum Gasteiger partial charge on any atom is 0.140 e. The highest BCUT2D eigenvalue weighted by Crippen LogP contribution is 2.16. The number of hydrogen-bond donors (Lipinski definition) is 1. The molecule has 1 aromatic rings. The van der Waals surface area contributed by atoms with Crippen LogP contribution in [-0.2, 0) is 0 Å². The van der Waals surface area contributed by atoms with Crippen LogP contribution in [0.25, 0.3) is 0 Å². The summed E-state index contributed by atoms with van der Waals surface area (Å²) in [5.41, 5.74) is 5.99. The molecule has 1 aromatic carbocycles. The summed E-state index contributed by atoms with van der Waals surface area (Å²) in [5, 5.41) is 0. The molecule has 4 heteroatoms. The van der Waals surface area contributed by atoms with E-state index in [9.17, 15) is 4.39 Å². The van der Waals surface area contributed by atoms with E-state index < -0.39 is 5.82 Å². The van der Waals surface area contributed by atoms with Crippen molar-refractivity contribution in [3.05, 3.63) is 29.6 Å². The fourth-order valence-corrected chi connectivity index (χ4v) is 0.946. The molecule has 0 spiro atoms. The number of alkyl halides is 1. The van der Waals surface area contributed by atoms with Gasteiger partial charge in [-0.05, 0) is 12.1 Å². The van der Waals surface area contributed by atoms with Gasteiger partial charge in [0.15, 0.2) is 0 Å². The van der Waals surface area contributed by atoms with E-state index in [1.165, 1.54) is 12.1 Å². The summed E-state index contributed by atoms with van der Waals surface area (Å²) < 4.78 is 13.1. The summed E-state index contributed by atoms with van der Waals surface area (Å²) in [6, 6.07) is 4.27. The Balaban J connectivity index is 3.05. The van der Waals surface area contributed by atoms with Crippen molar-refractivity contribution in [2.45, 2.75) is 0 Å². The van der Waals surface area contributed by atoms with Gasteiger partial charge >= 0.3 is 0 Å². The first-order valence-electron chi connectivity index (χ1n) is 3.82. The minimum absolute atomic E-state index is 0.110. The zero-order valence-corrected chi connectivity index (χ0v) is 8.05. The first kappa shape index (κ1) is 10.6. The molecule has 0 saturated heterocycles. The van der Waals surface area contributed by atoms with Gasteiger partial charge in [-0.25, -0.2) is 9.38 Å². The molecule has 0 aliphatic heterocycles. The number of terminal acetylenes is 1. The molecule has 2 N–H and O–H groups in total. The Bertz CT molecular complexity index is 407. The maximum absolute atomic E-state index is 13.1. The van der Waals surface area contributed by atoms with Crippen molar-refractivity contribution in [1.29, 1.82) is 0 Å². The predicted octanol–water partition coefficient (Wildman–Crippen LogP) is 2.03. The fourth-order valence-electron chi connectivity index (χ4n) is 0.886. The van der Waals surface area contributed by atoms with E-state index in [0.29, 0.717) is 5.69 Å². The molecule has 0 saturated carbocycles. The molecule has 0 radical (unpaired) electrons. The van der Waals surface area contributed by atoms with Gasteiger partial charge in [-0.2, -0.15) is 0 Å². The molecule has 0 heterocycles. The lowest BCUT2D eigenvalue weighted by atomic mass is 10.2. The van der Waals surface area contributed by atoms with Crippen LogP contribution in [0.2, 0.25) is 0 Å². The smallest absolute Gasteiger partial charge is 0.140 e. The summed E-state index contributed by atoms with van der Waals surface area (Å²) in [5.74, 6) is 2.06. The molecular formula is C10H8ClFN2. The number of nitrogens with zero attached hydrogens (tertiary/aromatic N) is 1. The van der Waals surface area contributed by atoms with E-state index in [2.05, 4.69) is 10.9 Å². The van der Waals surface area contributed by atoms with Crippen LogP contribution in [0.3, 0.4) is 0 Å². The third-order valence-electron chi connectivity index (χ3n) is 1.52. The van der Waals surface area contributed by atoms with Crippen molar-refractivity contribution in [2.24, 2.45) is 10.7 Å². The Morgan fingerprint density at radius 1 is 1.64 bits per heavy atom. The number of amidine groups is 1. The van der Waals surface area contributed by atoms with E-state index in [-0.39, 0.29) is 17.3 Å². The van der Waals surface area contributed by atoms with Crippen molar-refractivity contribution in [1.82, 2.24) is 0 Å². The minimum Gasteiger partial charge on any atom is -0.386 e. The van der Waals surface area contributed by atoms with E-state index in [1.54, 1.807) is 6.07 Å². The van der Waals surface area contributed by atoms with Gasteiger partial charge in [0, 0.05) is 6.07 Å². The summed E-state index contributed by atoms with van der Waals surface area (Å²) in [4.78, 5) is 3.87. The summed E-state index contributed by atoms with van der Waals surface area (Å²) >= 11 is 5.42. The van der Waals surface area contributed by atoms with Gasteiger partial charge in [-0.3, -0.25) is 0 Å². The zero-order valence-electron chi connectivity index (χ0n) is 7.30. The van der Waals surface area contributed by atoms with Crippen LogP contribution in [0.15, 0.2) is 23.2 Å². The van der Waals surface area contributed by atoms with Crippen molar-refractivity contribution in [3.8, 4) is 12.3 Å². The average molecular weight is 211 g/mol. The van der Waals surface area contributed by atoms with Gasteiger partial charge in [0.1, 0.15) is 11.7 Å². The van der Waals surface area contributed by atoms with Crippen LogP contribution in [0.1, 0.15) is 5.56 Å². The van der Waals surface area contributed by atoms with E-state index in [1.807, 2.05) is 0 Å². The van der Waals surface area contributed by atoms with Gasteiger partial charge in [0.05, 0.1) is 17.1 Å². The molecule has 0 amide bonds. The second-order valence-electron chi connectivity index (χ2n) is 2.55. The Morgan fingerprint density at radius 3 is 2.86 bits per heavy atom. The Morgan fingerprint density at radius 2 is 2.36 bits per heavy atom. The maximum atomic E-state index is 13.1. The number of nitrogens with two attached hydrogens (primary N) is 1. The Labute approximate surface area is 86.6 Å². The molecule has 1 rings (SSSR count). The van der Waals surface area contributed by atoms with E-state index in [0.717, 1.165) is 0 Å². The standard InChI is InChI=1S/C10H8ClFN2/c1-2-7-3-4-8(5-9(7)12)14-10(13)6-11/h1,3-5H,6H2,(H2,13,14). The zero-order chi connectivity index (χ0) is 10.6. The van der Waals surface area contributed by atoms with E-state index in [4.69, 9.17) is 23.8 Å². The van der Waals surface area contributed by atoms with E-state index >= 15 is 0 Å². The molecule has 14 heavy (non-hydrogen) atoms. The normalized spacial score (nSPS) is 11.1. The minimum atomic E-state index is -0.490. The van der Waals surface area contributed by atoms with Crippen LogP contribution in [-0.4, -0.2) is 11.7 Å². The second kappa shape index (κ2) is 4.64. The molecule has 0 aromatic heterocycles. The lowest BCUT2D eigenvalue weighted by Crippen LogP contribution is -2.12. The highest BCUT2D eigenvalue weighted by Gasteiger charge is 2.00. The summed E-state index contributed by atoms with van der Waals surface area (Å²) in [6.07, 6.45) is 5.06. The molecule has 0 aliphatic carbocycles. The van der Waals surface area contributed by atoms with Crippen LogP contribution in [0, 0.1) is 18.2 Å². The van der Waals surface area contributed by atoms with Crippen LogP contribution >= 0.6 is 11.6 Å². The van der Waals surface area contributed by atoms with Gasteiger partial charge in [0.25, 0.3) is 0 Å². The lowest BCUT2D eigenvalue weighted by molar-refractivity contribution is 0.625. The van der Waals surface area contributed by atoms with Crippen molar-refractivity contribution >= 4 is 23.1 Å². The molecule has 0 bridgehead atoms. The third-order valence-corrected chi connectivity index (χ3v) is 1.79. The second-order valence-corrected chi connectivity index (χ2v) is 2.81. The lowest BCUT2D eigenvalue weighted by Gasteiger charge is -1.98. The quantitative estimate of drug-likeness (QED) is 0.345. The third kappa shape index (κ3) is 2.48. The van der Waals surface area contributed by atoms with Gasteiger partial charge in [-0.1, -0.05) is 5.92 Å². The van der Waals surface area contributed by atoms with Crippen molar-refractivity contribution in [2.75, 3.05) is 5.88 Å². The fraction of sp³-hybridized carbons (Fsp3) is 0.100. The van der Waals surface area contributed by atoms with Gasteiger partial charge in [0.2, 0.25) is 0 Å². The summed E-state index contributed by atoms with van der Waals surface area (Å²) in [6.45, 7) is 0. The molecule has 2 nitrogen and oxygen atoms in total. The number of halogens is 2. The number of hydrogen-bond acceptors (Lipinski definition) is 1. The highest BCUT2D eigenvalue weighted by molar-refractivity contribution is 6.28. The van der Waals surface area contributed by atoms with Crippen LogP contribution in [0.5, 0.6) is 0 Å². The number of rotatable bonds is 2. The van der Waals surface area contributed by atoms with Crippen LogP contribution < -0.4 is 5.73 Å². The molecule has 0 fully saturated rings. The molecule has 72 valence electrons. The van der Waals surface area contributed by atoms with Gasteiger partial charge in [-0.15, -0.1) is 18.0 Å². The Hall–Kier alpha value is -1.53. The molecule has 0 atom stereocenters. The molecule has 0 aliphatic rings. The SMILES string of the molecule is C#Cc1ccc(N=C(N)CCl)cc1F. The van der Waals surface area contributed by atoms with Gasteiger partial charge < -0.3 is 5.73 Å². The number of aliphatic imine (C=N–C) groups is 1. The van der Waals surface area contributed by atoms with Crippen molar-refractivity contribution in [3.63, 3.8) is 0 Å². The van der Waals surface area contributed by atoms with Crippen molar-refractivity contribution < 1.29 is 4.39 Å². The van der Waals surface area contributed by atoms with Crippen LogP contribution in [0.4, 0.5) is 10.1 Å². The molecule has 0 unspecified atom stereocenters. The largest absolute Gasteiger partial charge is 0.386 e. The first-order chi connectivity index (χ1) is 6.67. The monoisotopic (exact) mass is 210 g/mol. The summed E-state index contributed by atoms with van der Waals surface area (Å²) in [7, 11) is 0. The first-order valence-corrected chi connectivity index (χ1v) is 4.36. The molecular weight excluding hydrogens is 203 g/mol. The highest BCUT2D eigenvalue weighted by atomic mass is 35.5. The topological polar surface area (TPSA) is 38.4 Å². The number of benzene rings is 1.